The van der Waals surface area contributed by atoms with E-state index in [-0.39, 0.29) is 12.1 Å². The fourth-order valence-corrected chi connectivity index (χ4v) is 2.75. The number of amides is 2. The molecule has 1 aliphatic rings. The number of carbonyl (C=O) groups is 2. The summed E-state index contributed by atoms with van der Waals surface area (Å²) < 4.78 is 5.00. The van der Waals surface area contributed by atoms with Gasteiger partial charge in [0.25, 0.3) is 0 Å². The first-order valence-corrected chi connectivity index (χ1v) is 7.23. The maximum absolute atomic E-state index is 11.8. The normalized spacial score (nSPS) is 20.8. The van der Waals surface area contributed by atoms with E-state index in [4.69, 9.17) is 4.74 Å². The van der Waals surface area contributed by atoms with E-state index in [1.165, 1.54) is 11.3 Å². The van der Waals surface area contributed by atoms with Crippen LogP contribution in [0.3, 0.4) is 0 Å². The molecule has 1 aliphatic carbocycles. The average Bonchev–Trinajstić information content (AvgIpc) is 2.88. The Morgan fingerprint density at radius 3 is 2.79 bits per heavy atom. The molecule has 0 radical (unpaired) electrons. The van der Waals surface area contributed by atoms with Gasteiger partial charge in [-0.3, -0.25) is 5.32 Å². The summed E-state index contributed by atoms with van der Waals surface area (Å²) >= 11 is 1.33. The van der Waals surface area contributed by atoms with E-state index in [1.807, 2.05) is 12.3 Å². The third-order valence-electron chi connectivity index (χ3n) is 3.11. The van der Waals surface area contributed by atoms with Gasteiger partial charge in [0.15, 0.2) is 0 Å². The molecule has 2 amide bonds. The van der Waals surface area contributed by atoms with Gasteiger partial charge in [0, 0.05) is 6.04 Å². The molecule has 2 atom stereocenters. The molecule has 0 bridgehead atoms. The van der Waals surface area contributed by atoms with Crippen molar-refractivity contribution < 1.29 is 14.3 Å². The summed E-state index contributed by atoms with van der Waals surface area (Å²) in [6, 6.07) is -0.00569. The molecule has 104 valence electrons. The molecule has 1 fully saturated rings. The van der Waals surface area contributed by atoms with Crippen LogP contribution in [0.5, 0.6) is 0 Å². The van der Waals surface area contributed by atoms with Crippen LogP contribution in [0.2, 0.25) is 0 Å². The van der Waals surface area contributed by atoms with Crippen LogP contribution in [0, 0.1) is 12.8 Å². The molecule has 2 N–H and O–H groups in total. The minimum Gasteiger partial charge on any atom is -0.462 e. The van der Waals surface area contributed by atoms with Crippen molar-refractivity contribution >= 4 is 28.3 Å². The number of urea groups is 1. The standard InChI is InChI=1S/C13H18N2O3S/c1-4-18-12(16)10-8(3)6-19-11(10)15-13(17)14-9-5-7(9)2/h6-7,9H,4-5H2,1-3H3,(H2,14,15,17)/t7-,9-/m0/s1. The molecule has 6 heteroatoms. The first-order valence-electron chi connectivity index (χ1n) is 6.35. The van der Waals surface area contributed by atoms with E-state index < -0.39 is 5.97 Å². The summed E-state index contributed by atoms with van der Waals surface area (Å²) in [7, 11) is 0. The first kappa shape index (κ1) is 13.9. The smallest absolute Gasteiger partial charge is 0.341 e. The third-order valence-corrected chi connectivity index (χ3v) is 4.12. The lowest BCUT2D eigenvalue weighted by molar-refractivity contribution is 0.0527. The molecule has 5 nitrogen and oxygen atoms in total. The van der Waals surface area contributed by atoms with Gasteiger partial charge in [-0.05, 0) is 37.1 Å². The predicted molar refractivity (Wildman–Crippen MR) is 74.7 cm³/mol. The monoisotopic (exact) mass is 282 g/mol. The van der Waals surface area contributed by atoms with Crippen molar-refractivity contribution in [1.82, 2.24) is 5.32 Å². The van der Waals surface area contributed by atoms with Crippen molar-refractivity contribution in [2.24, 2.45) is 5.92 Å². The van der Waals surface area contributed by atoms with E-state index in [2.05, 4.69) is 17.6 Å². The molecule has 0 aliphatic heterocycles. The van der Waals surface area contributed by atoms with Crippen LogP contribution in [0.1, 0.15) is 36.2 Å². The highest BCUT2D eigenvalue weighted by molar-refractivity contribution is 7.15. The Balaban J connectivity index is 2.03. The number of ether oxygens (including phenoxy) is 1. The van der Waals surface area contributed by atoms with Gasteiger partial charge in [0.05, 0.1) is 12.2 Å². The fraction of sp³-hybridized carbons (Fsp3) is 0.538. The number of carbonyl (C=O) groups excluding carboxylic acids is 2. The van der Waals surface area contributed by atoms with Gasteiger partial charge in [-0.15, -0.1) is 11.3 Å². The van der Waals surface area contributed by atoms with Crippen molar-refractivity contribution in [3.63, 3.8) is 0 Å². The topological polar surface area (TPSA) is 67.4 Å². The van der Waals surface area contributed by atoms with E-state index >= 15 is 0 Å². The molecule has 2 rings (SSSR count). The van der Waals surface area contributed by atoms with Gasteiger partial charge in [-0.25, -0.2) is 9.59 Å². The minimum atomic E-state index is -0.392. The van der Waals surface area contributed by atoms with E-state index in [1.54, 1.807) is 6.92 Å². The van der Waals surface area contributed by atoms with E-state index in [0.717, 1.165) is 12.0 Å². The van der Waals surface area contributed by atoms with E-state index in [0.29, 0.717) is 23.1 Å². The van der Waals surface area contributed by atoms with Crippen molar-refractivity contribution in [1.29, 1.82) is 0 Å². The summed E-state index contributed by atoms with van der Waals surface area (Å²) in [5.41, 5.74) is 1.27. The highest BCUT2D eigenvalue weighted by Crippen LogP contribution is 2.30. The predicted octanol–water partition coefficient (Wildman–Crippen LogP) is 2.76. The molecule has 1 aromatic rings. The molecule has 0 saturated heterocycles. The van der Waals surface area contributed by atoms with Gasteiger partial charge in [0.1, 0.15) is 5.00 Å². The summed E-state index contributed by atoms with van der Waals surface area (Å²) in [6.07, 6.45) is 1.02. The number of nitrogens with one attached hydrogen (secondary N) is 2. The van der Waals surface area contributed by atoms with Gasteiger partial charge >= 0.3 is 12.0 Å². The maximum Gasteiger partial charge on any atom is 0.341 e. The number of esters is 1. The van der Waals surface area contributed by atoms with Crippen LogP contribution < -0.4 is 10.6 Å². The summed E-state index contributed by atoms with van der Waals surface area (Å²) in [6.45, 7) is 5.99. The first-order chi connectivity index (χ1) is 9.02. The van der Waals surface area contributed by atoms with Gasteiger partial charge in [0.2, 0.25) is 0 Å². The zero-order valence-corrected chi connectivity index (χ0v) is 12.1. The molecule has 0 aromatic carbocycles. The Hall–Kier alpha value is -1.56. The van der Waals surface area contributed by atoms with Crippen LogP contribution in [-0.4, -0.2) is 24.6 Å². The Morgan fingerprint density at radius 2 is 2.21 bits per heavy atom. The number of hydrogen-bond donors (Lipinski definition) is 2. The van der Waals surface area contributed by atoms with Crippen LogP contribution in [-0.2, 0) is 4.74 Å². The van der Waals surface area contributed by atoms with Gasteiger partial charge < -0.3 is 10.1 Å². The number of hydrogen-bond acceptors (Lipinski definition) is 4. The highest BCUT2D eigenvalue weighted by atomic mass is 32.1. The molecule has 0 unspecified atom stereocenters. The molecule has 19 heavy (non-hydrogen) atoms. The zero-order chi connectivity index (χ0) is 14.0. The van der Waals surface area contributed by atoms with Crippen LogP contribution in [0.25, 0.3) is 0 Å². The average molecular weight is 282 g/mol. The van der Waals surface area contributed by atoms with E-state index in [9.17, 15) is 9.59 Å². The molecule has 1 heterocycles. The molecule has 0 spiro atoms. The number of rotatable bonds is 4. The number of anilines is 1. The molecular formula is C13H18N2O3S. The Morgan fingerprint density at radius 1 is 1.53 bits per heavy atom. The third kappa shape index (κ3) is 3.26. The highest BCUT2D eigenvalue weighted by Gasteiger charge is 2.34. The quantitative estimate of drug-likeness (QED) is 0.834. The van der Waals surface area contributed by atoms with Crippen molar-refractivity contribution in [2.45, 2.75) is 33.2 Å². The number of thiophene rings is 1. The van der Waals surface area contributed by atoms with Gasteiger partial charge in [-0.1, -0.05) is 6.92 Å². The van der Waals surface area contributed by atoms with Crippen molar-refractivity contribution in [2.75, 3.05) is 11.9 Å². The largest absolute Gasteiger partial charge is 0.462 e. The second-order valence-electron chi connectivity index (χ2n) is 4.76. The number of aryl methyl sites for hydroxylation is 1. The maximum atomic E-state index is 11.8. The molecular weight excluding hydrogens is 264 g/mol. The summed E-state index contributed by atoms with van der Waals surface area (Å²) in [5, 5.41) is 7.97. The zero-order valence-electron chi connectivity index (χ0n) is 11.3. The second kappa shape index (κ2) is 5.61. The van der Waals surface area contributed by atoms with Crippen molar-refractivity contribution in [3.8, 4) is 0 Å². The lowest BCUT2D eigenvalue weighted by Gasteiger charge is -2.08. The summed E-state index contributed by atoms with van der Waals surface area (Å²) in [4.78, 5) is 23.6. The molecule has 1 saturated carbocycles. The lowest BCUT2D eigenvalue weighted by Crippen LogP contribution is -2.31. The Kier molecular flexibility index (Phi) is 4.09. The van der Waals surface area contributed by atoms with Crippen LogP contribution >= 0.6 is 11.3 Å². The Labute approximate surface area is 116 Å². The fourth-order valence-electron chi connectivity index (χ4n) is 1.82. The molecule has 1 aromatic heterocycles. The van der Waals surface area contributed by atoms with Gasteiger partial charge in [-0.2, -0.15) is 0 Å². The van der Waals surface area contributed by atoms with Crippen LogP contribution in [0.15, 0.2) is 5.38 Å². The van der Waals surface area contributed by atoms with Crippen LogP contribution in [0.4, 0.5) is 9.80 Å². The minimum absolute atomic E-state index is 0.257. The summed E-state index contributed by atoms with van der Waals surface area (Å²) in [5.74, 6) is 0.150. The van der Waals surface area contributed by atoms with Crippen molar-refractivity contribution in [3.05, 3.63) is 16.5 Å². The lowest BCUT2D eigenvalue weighted by atomic mass is 10.2. The second-order valence-corrected chi connectivity index (χ2v) is 5.64. The Bertz CT molecular complexity index is 498. The SMILES string of the molecule is CCOC(=O)c1c(C)csc1NC(=O)N[C@H]1C[C@@H]1C.